The zero-order valence-corrected chi connectivity index (χ0v) is 14.2. The van der Waals surface area contributed by atoms with E-state index in [4.69, 9.17) is 10.7 Å². The number of anilines is 1. The third-order valence-electron chi connectivity index (χ3n) is 4.90. The molecule has 0 radical (unpaired) electrons. The molecule has 2 N–H and O–H groups in total. The first-order valence-corrected chi connectivity index (χ1v) is 8.54. The van der Waals surface area contributed by atoms with Gasteiger partial charge in [-0.05, 0) is 25.9 Å². The summed E-state index contributed by atoms with van der Waals surface area (Å²) in [7, 11) is 1.91. The lowest BCUT2D eigenvalue weighted by molar-refractivity contribution is 0.154. The van der Waals surface area contributed by atoms with Crippen LogP contribution in [0.1, 0.15) is 37.9 Å². The van der Waals surface area contributed by atoms with Crippen molar-refractivity contribution in [2.45, 2.75) is 32.2 Å². The normalized spacial score (nSPS) is 19.2. The van der Waals surface area contributed by atoms with Crippen molar-refractivity contribution in [1.29, 1.82) is 0 Å². The van der Waals surface area contributed by atoms with Gasteiger partial charge in [-0.2, -0.15) is 14.7 Å². The molecule has 0 saturated carbocycles. The molecule has 7 nitrogen and oxygen atoms in total. The van der Waals surface area contributed by atoms with Gasteiger partial charge in [0, 0.05) is 30.4 Å². The smallest absolute Gasteiger partial charge is 0.165 e. The van der Waals surface area contributed by atoms with Crippen LogP contribution in [0.2, 0.25) is 0 Å². The van der Waals surface area contributed by atoms with Crippen molar-refractivity contribution >= 4 is 11.5 Å². The van der Waals surface area contributed by atoms with Gasteiger partial charge in [0.2, 0.25) is 0 Å². The largest absolute Gasteiger partial charge is 0.384 e. The average Bonchev–Trinajstić information content (AvgIpc) is 3.21. The fourth-order valence-corrected chi connectivity index (χ4v) is 3.64. The molecular weight excluding hydrogens is 302 g/mol. The zero-order valence-electron chi connectivity index (χ0n) is 14.2. The first-order chi connectivity index (χ1) is 11.7. The molecule has 0 spiro atoms. The van der Waals surface area contributed by atoms with E-state index in [9.17, 15) is 0 Å². The van der Waals surface area contributed by atoms with Gasteiger partial charge in [0.25, 0.3) is 0 Å². The van der Waals surface area contributed by atoms with Crippen LogP contribution in [-0.2, 0) is 7.05 Å². The molecule has 0 aliphatic carbocycles. The average molecular weight is 325 g/mol. The summed E-state index contributed by atoms with van der Waals surface area (Å²) in [5, 5.41) is 8.66. The van der Waals surface area contributed by atoms with E-state index >= 15 is 0 Å². The maximum atomic E-state index is 6.27. The van der Waals surface area contributed by atoms with E-state index in [0.717, 1.165) is 42.0 Å². The predicted octanol–water partition coefficient (Wildman–Crippen LogP) is 2.26. The second kappa shape index (κ2) is 5.90. The monoisotopic (exact) mass is 325 g/mol. The van der Waals surface area contributed by atoms with Gasteiger partial charge in [-0.1, -0.05) is 13.3 Å². The first kappa shape index (κ1) is 15.1. The minimum absolute atomic E-state index is 0.340. The van der Waals surface area contributed by atoms with Crippen LogP contribution >= 0.6 is 0 Å². The quantitative estimate of drug-likeness (QED) is 0.799. The molecule has 3 aromatic heterocycles. The van der Waals surface area contributed by atoms with Crippen molar-refractivity contribution in [1.82, 2.24) is 29.3 Å². The molecular formula is C17H23N7. The Morgan fingerprint density at radius 2 is 2.12 bits per heavy atom. The van der Waals surface area contributed by atoms with Crippen molar-refractivity contribution in [2.75, 3.05) is 18.8 Å². The molecule has 0 aromatic carbocycles. The number of likely N-dealkylation sites (tertiary alicyclic amines) is 1. The van der Waals surface area contributed by atoms with Crippen molar-refractivity contribution in [3.63, 3.8) is 0 Å². The zero-order chi connectivity index (χ0) is 16.7. The van der Waals surface area contributed by atoms with Crippen LogP contribution in [0.15, 0.2) is 24.7 Å². The Balaban J connectivity index is 1.83. The number of rotatable bonds is 3. The van der Waals surface area contributed by atoms with Crippen LogP contribution in [0.3, 0.4) is 0 Å². The van der Waals surface area contributed by atoms with Crippen LogP contribution in [0, 0.1) is 0 Å². The van der Waals surface area contributed by atoms with Crippen LogP contribution in [0.4, 0.5) is 5.82 Å². The predicted molar refractivity (Wildman–Crippen MR) is 93.4 cm³/mol. The first-order valence-electron chi connectivity index (χ1n) is 8.54. The number of aromatic nitrogens is 5. The van der Waals surface area contributed by atoms with Gasteiger partial charge in [-0.3, -0.25) is 9.58 Å². The number of nitrogen functional groups attached to an aromatic ring is 1. The fraction of sp³-hybridized carbons (Fsp3) is 0.471. The highest BCUT2D eigenvalue weighted by molar-refractivity contribution is 5.77. The lowest BCUT2D eigenvalue weighted by Gasteiger charge is -2.34. The van der Waals surface area contributed by atoms with Gasteiger partial charge in [0.15, 0.2) is 5.65 Å². The number of aryl methyl sites for hydroxylation is 1. The number of fused-ring (bicyclic) bond motifs is 1. The SMILES string of the molecule is CCN1CCCCC1c1cc(N)n2ncc(-c3cnn(C)c3)c2n1. The molecule has 1 aliphatic rings. The summed E-state index contributed by atoms with van der Waals surface area (Å²) in [6.45, 7) is 4.37. The van der Waals surface area contributed by atoms with Gasteiger partial charge < -0.3 is 5.73 Å². The minimum atomic E-state index is 0.340. The third kappa shape index (κ3) is 2.45. The van der Waals surface area contributed by atoms with E-state index in [-0.39, 0.29) is 0 Å². The minimum Gasteiger partial charge on any atom is -0.384 e. The summed E-state index contributed by atoms with van der Waals surface area (Å²) >= 11 is 0. The fourth-order valence-electron chi connectivity index (χ4n) is 3.64. The van der Waals surface area contributed by atoms with Gasteiger partial charge in [-0.25, -0.2) is 4.98 Å². The maximum Gasteiger partial charge on any atom is 0.165 e. The molecule has 4 heterocycles. The van der Waals surface area contributed by atoms with Crippen LogP contribution in [0.5, 0.6) is 0 Å². The molecule has 4 rings (SSSR count). The Hall–Kier alpha value is -2.41. The molecule has 24 heavy (non-hydrogen) atoms. The highest BCUT2D eigenvalue weighted by Crippen LogP contribution is 2.32. The van der Waals surface area contributed by atoms with E-state index < -0.39 is 0 Å². The number of hydrogen-bond acceptors (Lipinski definition) is 5. The summed E-state index contributed by atoms with van der Waals surface area (Å²) in [5.41, 5.74) is 10.1. The van der Waals surface area contributed by atoms with Crippen molar-refractivity contribution in [3.05, 3.63) is 30.4 Å². The molecule has 0 amide bonds. The van der Waals surface area contributed by atoms with Crippen LogP contribution in [0.25, 0.3) is 16.8 Å². The van der Waals surface area contributed by atoms with Gasteiger partial charge >= 0.3 is 0 Å². The molecule has 1 atom stereocenters. The van der Waals surface area contributed by atoms with E-state index in [1.807, 2.05) is 31.7 Å². The molecule has 1 fully saturated rings. The molecule has 1 unspecified atom stereocenters. The number of nitrogens with zero attached hydrogens (tertiary/aromatic N) is 6. The Morgan fingerprint density at radius 3 is 2.88 bits per heavy atom. The molecule has 0 bridgehead atoms. The van der Waals surface area contributed by atoms with E-state index in [0.29, 0.717) is 11.9 Å². The maximum absolute atomic E-state index is 6.27. The Labute approximate surface area is 141 Å². The number of hydrogen-bond donors (Lipinski definition) is 1. The van der Waals surface area contributed by atoms with E-state index in [1.165, 1.54) is 12.8 Å². The molecule has 126 valence electrons. The van der Waals surface area contributed by atoms with Crippen molar-refractivity contribution in [3.8, 4) is 11.1 Å². The Morgan fingerprint density at radius 1 is 1.25 bits per heavy atom. The van der Waals surface area contributed by atoms with E-state index in [2.05, 4.69) is 22.0 Å². The van der Waals surface area contributed by atoms with Gasteiger partial charge in [-0.15, -0.1) is 0 Å². The van der Waals surface area contributed by atoms with Crippen LogP contribution in [-0.4, -0.2) is 42.4 Å². The lowest BCUT2D eigenvalue weighted by Crippen LogP contribution is -2.33. The van der Waals surface area contributed by atoms with Crippen molar-refractivity contribution in [2.24, 2.45) is 7.05 Å². The Kier molecular flexibility index (Phi) is 3.72. The summed E-state index contributed by atoms with van der Waals surface area (Å²) in [6, 6.07) is 2.32. The summed E-state index contributed by atoms with van der Waals surface area (Å²) in [4.78, 5) is 7.43. The summed E-state index contributed by atoms with van der Waals surface area (Å²) in [6.07, 6.45) is 9.25. The summed E-state index contributed by atoms with van der Waals surface area (Å²) in [5.74, 6) is 0.631. The molecule has 1 saturated heterocycles. The standard InChI is InChI=1S/C17H23N7/c1-3-23-7-5-4-6-15(23)14-8-16(18)24-17(21-14)13(10-20-24)12-9-19-22(2)11-12/h8-11,15H,3-7,18H2,1-2H3. The second-order valence-electron chi connectivity index (χ2n) is 6.44. The molecule has 7 heteroatoms. The van der Waals surface area contributed by atoms with E-state index in [1.54, 1.807) is 9.20 Å². The number of piperidine rings is 1. The second-order valence-corrected chi connectivity index (χ2v) is 6.44. The van der Waals surface area contributed by atoms with Crippen molar-refractivity contribution < 1.29 is 0 Å². The van der Waals surface area contributed by atoms with Gasteiger partial charge in [0.1, 0.15) is 5.82 Å². The molecule has 3 aromatic rings. The number of nitrogens with two attached hydrogens (primary N) is 1. The molecule has 1 aliphatic heterocycles. The lowest BCUT2D eigenvalue weighted by atomic mass is 9.99. The van der Waals surface area contributed by atoms with Crippen LogP contribution < -0.4 is 5.73 Å². The topological polar surface area (TPSA) is 77.3 Å². The third-order valence-corrected chi connectivity index (χ3v) is 4.90. The summed E-state index contributed by atoms with van der Waals surface area (Å²) < 4.78 is 3.50. The highest BCUT2D eigenvalue weighted by atomic mass is 15.3. The van der Waals surface area contributed by atoms with Gasteiger partial charge in [0.05, 0.1) is 24.1 Å². The Bertz CT molecular complexity index is 863. The highest BCUT2D eigenvalue weighted by Gasteiger charge is 2.25.